The van der Waals surface area contributed by atoms with Crippen molar-refractivity contribution in [2.45, 2.75) is 18.9 Å². The molecule has 0 radical (unpaired) electrons. The van der Waals surface area contributed by atoms with E-state index in [0.717, 1.165) is 38.1 Å². The van der Waals surface area contributed by atoms with Gasteiger partial charge in [-0.1, -0.05) is 6.07 Å². The molecular formula is C17H19F2N3OS. The fourth-order valence-corrected chi connectivity index (χ4v) is 3.75. The van der Waals surface area contributed by atoms with Crippen molar-refractivity contribution in [3.8, 4) is 0 Å². The summed E-state index contributed by atoms with van der Waals surface area (Å²) in [4.78, 5) is 15.6. The first kappa shape index (κ1) is 16.9. The first-order valence-electron chi connectivity index (χ1n) is 7.91. The Hall–Kier alpha value is -1.99. The Kier molecular flexibility index (Phi) is 5.42. The summed E-state index contributed by atoms with van der Waals surface area (Å²) in [5, 5.41) is 7.23. The van der Waals surface area contributed by atoms with E-state index in [0.29, 0.717) is 6.54 Å². The number of nitrogens with zero attached hydrogens (tertiary/aromatic N) is 1. The number of carbonyl (C=O) groups excluding carboxylic acids is 1. The van der Waals surface area contributed by atoms with E-state index in [1.807, 2.05) is 11.4 Å². The van der Waals surface area contributed by atoms with Gasteiger partial charge in [0.05, 0.1) is 11.7 Å². The minimum absolute atomic E-state index is 0.0391. The Balaban J connectivity index is 1.60. The van der Waals surface area contributed by atoms with Crippen LogP contribution in [0.4, 0.5) is 19.3 Å². The number of carbonyl (C=O) groups is 1. The van der Waals surface area contributed by atoms with Gasteiger partial charge >= 0.3 is 6.03 Å². The molecule has 128 valence electrons. The zero-order valence-electron chi connectivity index (χ0n) is 13.1. The summed E-state index contributed by atoms with van der Waals surface area (Å²) < 4.78 is 26.5. The number of benzene rings is 1. The highest BCUT2D eigenvalue weighted by Gasteiger charge is 2.24. The maximum Gasteiger partial charge on any atom is 0.319 e. The van der Waals surface area contributed by atoms with Crippen LogP contribution >= 0.6 is 11.3 Å². The molecule has 1 aromatic carbocycles. The van der Waals surface area contributed by atoms with Gasteiger partial charge in [0.15, 0.2) is 0 Å². The van der Waals surface area contributed by atoms with E-state index < -0.39 is 17.7 Å². The minimum atomic E-state index is -0.792. The molecule has 7 heteroatoms. The lowest BCUT2D eigenvalue weighted by Crippen LogP contribution is -2.38. The van der Waals surface area contributed by atoms with Gasteiger partial charge < -0.3 is 10.6 Å². The molecule has 0 aliphatic carbocycles. The van der Waals surface area contributed by atoms with Crippen molar-refractivity contribution in [2.75, 3.05) is 25.0 Å². The second kappa shape index (κ2) is 7.72. The van der Waals surface area contributed by atoms with Gasteiger partial charge in [0.25, 0.3) is 0 Å². The van der Waals surface area contributed by atoms with Gasteiger partial charge in [-0.3, -0.25) is 4.90 Å². The molecule has 0 saturated carbocycles. The van der Waals surface area contributed by atoms with Gasteiger partial charge in [0.2, 0.25) is 0 Å². The van der Waals surface area contributed by atoms with Crippen LogP contribution < -0.4 is 10.6 Å². The lowest BCUT2D eigenvalue weighted by atomic mass is 10.2. The van der Waals surface area contributed by atoms with E-state index in [-0.39, 0.29) is 11.7 Å². The first-order chi connectivity index (χ1) is 11.6. The third-order valence-electron chi connectivity index (χ3n) is 4.09. The molecule has 24 heavy (non-hydrogen) atoms. The van der Waals surface area contributed by atoms with Crippen molar-refractivity contribution in [3.63, 3.8) is 0 Å². The molecule has 4 nitrogen and oxygen atoms in total. The minimum Gasteiger partial charge on any atom is -0.336 e. The number of likely N-dealkylation sites (tertiary alicyclic amines) is 1. The van der Waals surface area contributed by atoms with Crippen LogP contribution in [0.25, 0.3) is 0 Å². The maximum atomic E-state index is 13.6. The van der Waals surface area contributed by atoms with Gasteiger partial charge in [-0.15, -0.1) is 11.3 Å². The molecule has 1 aliphatic rings. The number of nitrogens with one attached hydrogen (secondary N) is 2. The predicted octanol–water partition coefficient (Wildman–Crippen LogP) is 3.98. The number of thiophene rings is 1. The van der Waals surface area contributed by atoms with Crippen LogP contribution in [0.2, 0.25) is 0 Å². The Bertz CT molecular complexity index is 687. The van der Waals surface area contributed by atoms with Crippen molar-refractivity contribution >= 4 is 23.1 Å². The SMILES string of the molecule is O=C(NC[C@H](c1cccs1)N1CCCC1)Nc1ccc(F)cc1F. The second-order valence-corrected chi connectivity index (χ2v) is 6.71. The molecular weight excluding hydrogens is 332 g/mol. The quantitative estimate of drug-likeness (QED) is 0.856. The van der Waals surface area contributed by atoms with Crippen molar-refractivity contribution in [3.05, 3.63) is 52.2 Å². The summed E-state index contributed by atoms with van der Waals surface area (Å²) in [7, 11) is 0. The van der Waals surface area contributed by atoms with E-state index in [1.54, 1.807) is 11.3 Å². The monoisotopic (exact) mass is 351 g/mol. The molecule has 2 N–H and O–H groups in total. The number of hydrogen-bond acceptors (Lipinski definition) is 3. The molecule has 1 aromatic heterocycles. The zero-order valence-corrected chi connectivity index (χ0v) is 13.9. The fourth-order valence-electron chi connectivity index (χ4n) is 2.89. The Labute approximate surface area is 143 Å². The molecule has 0 spiro atoms. The van der Waals surface area contributed by atoms with Crippen LogP contribution in [-0.2, 0) is 0 Å². The fraction of sp³-hybridized carbons (Fsp3) is 0.353. The highest BCUT2D eigenvalue weighted by Crippen LogP contribution is 2.27. The topological polar surface area (TPSA) is 44.4 Å². The smallest absolute Gasteiger partial charge is 0.319 e. The second-order valence-electron chi connectivity index (χ2n) is 5.73. The van der Waals surface area contributed by atoms with E-state index in [2.05, 4.69) is 21.6 Å². The third kappa shape index (κ3) is 4.10. The average molecular weight is 351 g/mol. The number of amides is 2. The number of rotatable bonds is 5. The summed E-state index contributed by atoms with van der Waals surface area (Å²) in [5.41, 5.74) is -0.0391. The van der Waals surface area contributed by atoms with Gasteiger partial charge in [0.1, 0.15) is 11.6 Å². The van der Waals surface area contributed by atoms with Crippen molar-refractivity contribution in [1.29, 1.82) is 0 Å². The summed E-state index contributed by atoms with van der Waals surface area (Å²) in [6.45, 7) is 2.46. The lowest BCUT2D eigenvalue weighted by molar-refractivity contribution is 0.229. The van der Waals surface area contributed by atoms with E-state index in [9.17, 15) is 13.6 Å². The molecule has 1 saturated heterocycles. The standard InChI is InChI=1S/C17H19F2N3OS/c18-12-5-6-14(13(19)10-12)21-17(23)20-11-15(16-4-3-9-24-16)22-7-1-2-8-22/h3-6,9-10,15H,1-2,7-8,11H2,(H2,20,21,23)/t15-/m1/s1. The highest BCUT2D eigenvalue weighted by atomic mass is 32.1. The number of halogens is 2. The number of hydrogen-bond donors (Lipinski definition) is 2. The Morgan fingerprint density at radius 3 is 2.71 bits per heavy atom. The molecule has 0 bridgehead atoms. The number of urea groups is 1. The molecule has 1 atom stereocenters. The van der Waals surface area contributed by atoms with E-state index in [4.69, 9.17) is 0 Å². The largest absolute Gasteiger partial charge is 0.336 e. The van der Waals surface area contributed by atoms with Gasteiger partial charge in [-0.25, -0.2) is 13.6 Å². The first-order valence-corrected chi connectivity index (χ1v) is 8.79. The van der Waals surface area contributed by atoms with Crippen molar-refractivity contribution < 1.29 is 13.6 Å². The Morgan fingerprint density at radius 2 is 2.04 bits per heavy atom. The summed E-state index contributed by atoms with van der Waals surface area (Å²) in [6.07, 6.45) is 2.32. The summed E-state index contributed by atoms with van der Waals surface area (Å²) in [5.74, 6) is -1.47. The zero-order chi connectivity index (χ0) is 16.9. The predicted molar refractivity (Wildman–Crippen MR) is 91.2 cm³/mol. The molecule has 2 amide bonds. The van der Waals surface area contributed by atoms with Crippen molar-refractivity contribution in [1.82, 2.24) is 10.2 Å². The summed E-state index contributed by atoms with van der Waals surface area (Å²) in [6, 6.07) is 6.74. The number of anilines is 1. The highest BCUT2D eigenvalue weighted by molar-refractivity contribution is 7.10. The Morgan fingerprint density at radius 1 is 1.25 bits per heavy atom. The van der Waals surface area contributed by atoms with Gasteiger partial charge in [-0.05, 0) is 49.5 Å². The van der Waals surface area contributed by atoms with E-state index >= 15 is 0 Å². The van der Waals surface area contributed by atoms with E-state index in [1.165, 1.54) is 10.9 Å². The lowest BCUT2D eigenvalue weighted by Gasteiger charge is -2.27. The van der Waals surface area contributed by atoms with Gasteiger partial charge in [-0.2, -0.15) is 0 Å². The molecule has 1 fully saturated rings. The maximum absolute atomic E-state index is 13.6. The average Bonchev–Trinajstić information content (AvgIpc) is 3.24. The third-order valence-corrected chi connectivity index (χ3v) is 5.06. The molecule has 2 aromatic rings. The normalized spacial score (nSPS) is 16.1. The molecule has 3 rings (SSSR count). The van der Waals surface area contributed by atoms with Crippen LogP contribution in [0.1, 0.15) is 23.8 Å². The molecule has 1 aliphatic heterocycles. The van der Waals surface area contributed by atoms with Crippen LogP contribution in [-0.4, -0.2) is 30.6 Å². The van der Waals surface area contributed by atoms with Crippen LogP contribution in [0, 0.1) is 11.6 Å². The molecule has 2 heterocycles. The van der Waals surface area contributed by atoms with Crippen LogP contribution in [0.5, 0.6) is 0 Å². The van der Waals surface area contributed by atoms with Crippen LogP contribution in [0.15, 0.2) is 35.7 Å². The summed E-state index contributed by atoms with van der Waals surface area (Å²) >= 11 is 1.66. The van der Waals surface area contributed by atoms with Gasteiger partial charge in [0, 0.05) is 17.5 Å². The van der Waals surface area contributed by atoms with Crippen molar-refractivity contribution in [2.24, 2.45) is 0 Å². The molecule has 0 unspecified atom stereocenters. The van der Waals surface area contributed by atoms with Crippen LogP contribution in [0.3, 0.4) is 0 Å².